The summed E-state index contributed by atoms with van der Waals surface area (Å²) in [7, 11) is 3.96. The zero-order valence-electron chi connectivity index (χ0n) is 11.7. The second kappa shape index (κ2) is 5.99. The predicted molar refractivity (Wildman–Crippen MR) is 75.7 cm³/mol. The van der Waals surface area contributed by atoms with Crippen LogP contribution in [-0.4, -0.2) is 33.4 Å². The second-order valence-corrected chi connectivity index (χ2v) is 5.02. The number of aliphatic hydroxyl groups excluding tert-OH is 1. The van der Waals surface area contributed by atoms with Gasteiger partial charge in [0, 0.05) is 20.1 Å². The number of nitrogens with zero attached hydrogens (tertiary/aromatic N) is 3. The number of likely N-dealkylation sites (N-methyl/N-ethyl adjacent to an activating group) is 1. The van der Waals surface area contributed by atoms with Gasteiger partial charge in [-0.1, -0.05) is 30.3 Å². The van der Waals surface area contributed by atoms with Crippen molar-refractivity contribution in [2.24, 2.45) is 7.05 Å². The quantitative estimate of drug-likeness (QED) is 0.891. The average Bonchev–Trinajstić information content (AvgIpc) is 2.71. The summed E-state index contributed by atoms with van der Waals surface area (Å²) < 4.78 is 1.89. The van der Waals surface area contributed by atoms with E-state index >= 15 is 0 Å². The van der Waals surface area contributed by atoms with Crippen LogP contribution in [0, 0.1) is 6.92 Å². The van der Waals surface area contributed by atoms with Gasteiger partial charge in [0.15, 0.2) is 0 Å². The number of benzene rings is 1. The summed E-state index contributed by atoms with van der Waals surface area (Å²) >= 11 is 0. The van der Waals surface area contributed by atoms with E-state index in [4.69, 9.17) is 0 Å². The Labute approximate surface area is 114 Å². The Bertz CT molecular complexity index is 502. The van der Waals surface area contributed by atoms with Crippen molar-refractivity contribution in [2.75, 3.05) is 13.6 Å². The lowest BCUT2D eigenvalue weighted by atomic mass is 10.1. The summed E-state index contributed by atoms with van der Waals surface area (Å²) in [5, 5.41) is 14.4. The number of aromatic nitrogens is 2. The molecule has 0 fully saturated rings. The summed E-state index contributed by atoms with van der Waals surface area (Å²) in [5.41, 5.74) is 3.32. The van der Waals surface area contributed by atoms with Gasteiger partial charge < -0.3 is 5.11 Å². The molecule has 2 rings (SSSR count). The van der Waals surface area contributed by atoms with Gasteiger partial charge in [-0.05, 0) is 25.1 Å². The highest BCUT2D eigenvalue weighted by Gasteiger charge is 2.13. The van der Waals surface area contributed by atoms with Gasteiger partial charge in [0.1, 0.15) is 0 Å². The maximum atomic E-state index is 10.2. The van der Waals surface area contributed by atoms with Crippen LogP contribution in [0.4, 0.5) is 0 Å². The minimum Gasteiger partial charge on any atom is -0.387 e. The van der Waals surface area contributed by atoms with Crippen LogP contribution < -0.4 is 0 Å². The summed E-state index contributed by atoms with van der Waals surface area (Å²) in [6, 6.07) is 9.76. The molecule has 0 aliphatic rings. The number of hydrogen-bond donors (Lipinski definition) is 1. The maximum Gasteiger partial charge on any atom is 0.0916 e. The third-order valence-electron chi connectivity index (χ3n) is 3.36. The van der Waals surface area contributed by atoms with Gasteiger partial charge in [-0.15, -0.1) is 0 Å². The molecule has 1 aromatic carbocycles. The lowest BCUT2D eigenvalue weighted by Gasteiger charge is -2.21. The van der Waals surface area contributed by atoms with Crippen LogP contribution in [0.3, 0.4) is 0 Å². The molecular formula is C15H21N3O. The van der Waals surface area contributed by atoms with E-state index in [1.54, 1.807) is 0 Å². The van der Waals surface area contributed by atoms with Crippen molar-refractivity contribution in [2.45, 2.75) is 19.6 Å². The third-order valence-corrected chi connectivity index (χ3v) is 3.36. The SMILES string of the molecule is Cc1cnn(C)c1CN(C)C[C@@H](O)c1ccccc1. The molecule has 1 N–H and O–H groups in total. The molecule has 0 radical (unpaired) electrons. The molecule has 0 amide bonds. The maximum absolute atomic E-state index is 10.2. The van der Waals surface area contributed by atoms with E-state index in [-0.39, 0.29) is 0 Å². The molecule has 0 saturated carbocycles. The Hall–Kier alpha value is -1.65. The van der Waals surface area contributed by atoms with E-state index in [2.05, 4.69) is 16.9 Å². The molecule has 2 aromatic rings. The molecule has 0 aliphatic heterocycles. The van der Waals surface area contributed by atoms with Gasteiger partial charge in [-0.25, -0.2) is 0 Å². The van der Waals surface area contributed by atoms with E-state index < -0.39 is 6.10 Å². The molecule has 102 valence electrons. The van der Waals surface area contributed by atoms with E-state index in [9.17, 15) is 5.11 Å². The molecule has 0 saturated heterocycles. The lowest BCUT2D eigenvalue weighted by molar-refractivity contribution is 0.122. The topological polar surface area (TPSA) is 41.3 Å². The number of aryl methyl sites for hydroxylation is 2. The molecule has 0 aliphatic carbocycles. The first-order valence-corrected chi connectivity index (χ1v) is 6.47. The van der Waals surface area contributed by atoms with E-state index in [1.165, 1.54) is 11.3 Å². The van der Waals surface area contributed by atoms with Crippen molar-refractivity contribution >= 4 is 0 Å². The first-order chi connectivity index (χ1) is 9.08. The highest BCUT2D eigenvalue weighted by Crippen LogP contribution is 2.15. The van der Waals surface area contributed by atoms with Gasteiger partial charge in [-0.2, -0.15) is 5.10 Å². The third kappa shape index (κ3) is 3.43. The van der Waals surface area contributed by atoms with Gasteiger partial charge in [0.05, 0.1) is 18.0 Å². The molecule has 1 atom stereocenters. The summed E-state index contributed by atoms with van der Waals surface area (Å²) in [6.07, 6.45) is 1.41. The van der Waals surface area contributed by atoms with Gasteiger partial charge in [-0.3, -0.25) is 9.58 Å². The highest BCUT2D eigenvalue weighted by atomic mass is 16.3. The smallest absolute Gasteiger partial charge is 0.0916 e. The number of aliphatic hydroxyl groups is 1. The van der Waals surface area contributed by atoms with Crippen molar-refractivity contribution < 1.29 is 5.11 Å². The van der Waals surface area contributed by atoms with E-state index in [0.717, 1.165) is 12.1 Å². The molecule has 4 nitrogen and oxygen atoms in total. The van der Waals surface area contributed by atoms with Gasteiger partial charge >= 0.3 is 0 Å². The minimum absolute atomic E-state index is 0.459. The van der Waals surface area contributed by atoms with Crippen molar-refractivity contribution in [1.82, 2.24) is 14.7 Å². The van der Waals surface area contributed by atoms with Crippen LogP contribution in [0.25, 0.3) is 0 Å². The summed E-state index contributed by atoms with van der Waals surface area (Å²) in [6.45, 7) is 3.45. The molecule has 1 heterocycles. The van der Waals surface area contributed by atoms with E-state index in [1.807, 2.05) is 55.3 Å². The van der Waals surface area contributed by atoms with Crippen molar-refractivity contribution in [1.29, 1.82) is 0 Å². The molecule has 19 heavy (non-hydrogen) atoms. The fourth-order valence-electron chi connectivity index (χ4n) is 2.20. The Balaban J connectivity index is 1.97. The Morgan fingerprint density at radius 1 is 1.32 bits per heavy atom. The highest BCUT2D eigenvalue weighted by molar-refractivity contribution is 5.18. The molecule has 0 spiro atoms. The summed E-state index contributed by atoms with van der Waals surface area (Å²) in [4.78, 5) is 2.11. The van der Waals surface area contributed by atoms with Crippen LogP contribution in [0.1, 0.15) is 22.9 Å². The first kappa shape index (κ1) is 13.8. The minimum atomic E-state index is -0.459. The molecule has 0 unspecified atom stereocenters. The fraction of sp³-hybridized carbons (Fsp3) is 0.400. The molecule has 1 aromatic heterocycles. The van der Waals surface area contributed by atoms with Crippen molar-refractivity contribution in [3.63, 3.8) is 0 Å². The Kier molecular flexibility index (Phi) is 4.35. The van der Waals surface area contributed by atoms with Crippen LogP contribution in [-0.2, 0) is 13.6 Å². The molecule has 4 heteroatoms. The largest absolute Gasteiger partial charge is 0.387 e. The zero-order valence-corrected chi connectivity index (χ0v) is 11.7. The van der Waals surface area contributed by atoms with Gasteiger partial charge in [0.25, 0.3) is 0 Å². The predicted octanol–water partition coefficient (Wildman–Crippen LogP) is 1.89. The number of rotatable bonds is 5. The van der Waals surface area contributed by atoms with E-state index in [0.29, 0.717) is 6.54 Å². The van der Waals surface area contributed by atoms with Gasteiger partial charge in [0.2, 0.25) is 0 Å². The molecular weight excluding hydrogens is 238 g/mol. The average molecular weight is 259 g/mol. The van der Waals surface area contributed by atoms with Crippen molar-refractivity contribution in [3.8, 4) is 0 Å². The van der Waals surface area contributed by atoms with Crippen molar-refractivity contribution in [3.05, 3.63) is 53.3 Å². The zero-order chi connectivity index (χ0) is 13.8. The molecule has 0 bridgehead atoms. The van der Waals surface area contributed by atoms with Crippen LogP contribution >= 0.6 is 0 Å². The lowest BCUT2D eigenvalue weighted by Crippen LogP contribution is -2.25. The van der Waals surface area contributed by atoms with Crippen LogP contribution in [0.5, 0.6) is 0 Å². The standard InChI is InChI=1S/C15H21N3O/c1-12-9-16-18(3)14(12)10-17(2)11-15(19)13-7-5-4-6-8-13/h4-9,15,19H,10-11H2,1-3H3/t15-/m1/s1. The monoisotopic (exact) mass is 259 g/mol. The van der Waals surface area contributed by atoms with Crippen LogP contribution in [0.2, 0.25) is 0 Å². The Morgan fingerprint density at radius 3 is 2.58 bits per heavy atom. The second-order valence-electron chi connectivity index (χ2n) is 5.02. The fourth-order valence-corrected chi connectivity index (χ4v) is 2.20. The normalized spacial score (nSPS) is 12.9. The Morgan fingerprint density at radius 2 is 2.00 bits per heavy atom. The van der Waals surface area contributed by atoms with Crippen LogP contribution in [0.15, 0.2) is 36.5 Å². The number of hydrogen-bond acceptors (Lipinski definition) is 3. The first-order valence-electron chi connectivity index (χ1n) is 6.47. The summed E-state index contributed by atoms with van der Waals surface area (Å²) in [5.74, 6) is 0.